The second-order valence-electron chi connectivity index (χ2n) is 5.62. The maximum atomic E-state index is 12.5. The Morgan fingerprint density at radius 1 is 1.44 bits per heavy atom. The monoisotopic (exact) mass is 384 g/mol. The Morgan fingerprint density at radius 2 is 2.30 bits per heavy atom. The summed E-state index contributed by atoms with van der Waals surface area (Å²) in [7, 11) is 0. The highest BCUT2D eigenvalue weighted by Crippen LogP contribution is 2.25. The maximum absolute atomic E-state index is 12.5. The summed E-state index contributed by atoms with van der Waals surface area (Å²) >= 11 is 4.10. The number of fused-ring (bicyclic) bond motifs is 1. The summed E-state index contributed by atoms with van der Waals surface area (Å²) in [6.07, 6.45) is 7.97. The molecule has 27 heavy (non-hydrogen) atoms. The van der Waals surface area contributed by atoms with Gasteiger partial charge in [0.1, 0.15) is 11.4 Å². The summed E-state index contributed by atoms with van der Waals surface area (Å²) in [6, 6.07) is 5.83. The molecule has 0 saturated carbocycles. The van der Waals surface area contributed by atoms with E-state index in [0.29, 0.717) is 25.7 Å². The molecule has 0 unspecified atom stereocenters. The molecule has 0 saturated heterocycles. The van der Waals surface area contributed by atoms with Crippen LogP contribution in [-0.2, 0) is 11.2 Å². The van der Waals surface area contributed by atoms with Crippen molar-refractivity contribution < 1.29 is 9.53 Å². The number of guanidine groups is 1. The van der Waals surface area contributed by atoms with Gasteiger partial charge in [-0.2, -0.15) is 0 Å². The number of benzene rings is 1. The van der Waals surface area contributed by atoms with Gasteiger partial charge in [0.25, 0.3) is 5.91 Å². The second kappa shape index (κ2) is 11.0. The molecule has 6 nitrogen and oxygen atoms in total. The number of rotatable bonds is 7. The van der Waals surface area contributed by atoms with Crippen LogP contribution in [0.1, 0.15) is 18.1 Å². The number of nitrogens with one attached hydrogen (secondary N) is 2. The lowest BCUT2D eigenvalue weighted by Gasteiger charge is -2.09. The lowest BCUT2D eigenvalue weighted by molar-refractivity contribution is -0.116. The van der Waals surface area contributed by atoms with Crippen LogP contribution in [0.25, 0.3) is 0 Å². The van der Waals surface area contributed by atoms with Gasteiger partial charge < -0.3 is 10.1 Å². The molecule has 0 atom stereocenters. The molecule has 1 amide bonds. The van der Waals surface area contributed by atoms with Gasteiger partial charge in [-0.1, -0.05) is 18.2 Å². The Balaban J connectivity index is 2.05. The highest BCUT2D eigenvalue weighted by atomic mass is 32.1. The van der Waals surface area contributed by atoms with Crippen LogP contribution in [0.5, 0.6) is 5.75 Å². The van der Waals surface area contributed by atoms with Crippen LogP contribution >= 0.6 is 12.6 Å². The summed E-state index contributed by atoms with van der Waals surface area (Å²) in [4.78, 5) is 21.0. The van der Waals surface area contributed by atoms with E-state index < -0.39 is 5.91 Å². The molecule has 1 aliphatic rings. The van der Waals surface area contributed by atoms with Crippen molar-refractivity contribution in [3.63, 3.8) is 0 Å². The molecule has 0 fully saturated rings. The van der Waals surface area contributed by atoms with E-state index in [-0.39, 0.29) is 5.70 Å². The number of amides is 1. The first kappa shape index (κ1) is 20.5. The summed E-state index contributed by atoms with van der Waals surface area (Å²) in [5, 5.41) is 7.06. The minimum Gasteiger partial charge on any atom is -0.493 e. The van der Waals surface area contributed by atoms with Crippen molar-refractivity contribution >= 4 is 30.7 Å². The fourth-order valence-corrected chi connectivity index (χ4v) is 2.49. The zero-order valence-electron chi connectivity index (χ0n) is 15.3. The number of thiol groups is 1. The Morgan fingerprint density at radius 3 is 3.04 bits per heavy atom. The average Bonchev–Trinajstić information content (AvgIpc) is 3.14. The van der Waals surface area contributed by atoms with E-state index in [1.165, 1.54) is 5.41 Å². The van der Waals surface area contributed by atoms with E-state index in [0.717, 1.165) is 23.3 Å². The molecule has 142 valence electrons. The molecule has 2 rings (SSSR count). The highest BCUT2D eigenvalue weighted by Gasteiger charge is 2.12. The number of carbonyl (C=O) groups is 1. The van der Waals surface area contributed by atoms with Crippen LogP contribution in [0, 0.1) is 0 Å². The quantitative estimate of drug-likeness (QED) is 0.222. The Labute approximate surface area is 165 Å². The zero-order chi connectivity index (χ0) is 19.5. The standard InChI is InChI=1S/C20H24N4O2S/c1-3-5-10-22-20(21-9-4-2)24-19(25)17(14-27)23-13-15-6-7-18-16(12-15)8-11-26-18/h3-7,12-14,27H,2,8-11H2,1H3,(H2,21,22,24,25)/b5-3-,17-14-,23-13?. The zero-order valence-corrected chi connectivity index (χ0v) is 16.2. The molecular weight excluding hydrogens is 360 g/mol. The number of aliphatic imine (C=N–C) groups is 2. The number of hydrogen-bond acceptors (Lipinski definition) is 5. The molecule has 0 radical (unpaired) electrons. The maximum Gasteiger partial charge on any atom is 0.277 e. The van der Waals surface area contributed by atoms with Crippen molar-refractivity contribution in [1.82, 2.24) is 10.6 Å². The predicted molar refractivity (Wildman–Crippen MR) is 114 cm³/mol. The predicted octanol–water partition coefficient (Wildman–Crippen LogP) is 2.64. The van der Waals surface area contributed by atoms with Gasteiger partial charge in [-0.15, -0.1) is 19.2 Å². The van der Waals surface area contributed by atoms with Crippen molar-refractivity contribution in [3.05, 3.63) is 65.2 Å². The normalized spacial score (nSPS) is 14.3. The van der Waals surface area contributed by atoms with Crippen LogP contribution < -0.4 is 15.4 Å². The van der Waals surface area contributed by atoms with Crippen molar-refractivity contribution in [1.29, 1.82) is 0 Å². The summed E-state index contributed by atoms with van der Waals surface area (Å²) in [6.45, 7) is 7.19. The van der Waals surface area contributed by atoms with Gasteiger partial charge in [0.2, 0.25) is 0 Å². The van der Waals surface area contributed by atoms with Crippen molar-refractivity contribution in [2.45, 2.75) is 13.3 Å². The summed E-state index contributed by atoms with van der Waals surface area (Å²) in [5.41, 5.74) is 2.22. The Kier molecular flexibility index (Phi) is 8.38. The third-order valence-electron chi connectivity index (χ3n) is 3.66. The van der Waals surface area contributed by atoms with Gasteiger partial charge in [0, 0.05) is 19.2 Å². The molecule has 2 N–H and O–H groups in total. The van der Waals surface area contributed by atoms with Crippen molar-refractivity contribution in [2.75, 3.05) is 19.7 Å². The Hall–Kier alpha value is -2.80. The van der Waals surface area contributed by atoms with Crippen LogP contribution in [0.4, 0.5) is 0 Å². The fraction of sp³-hybridized carbons (Fsp3) is 0.250. The molecule has 7 heteroatoms. The van der Waals surface area contributed by atoms with Gasteiger partial charge in [0.15, 0.2) is 5.96 Å². The van der Waals surface area contributed by atoms with E-state index in [4.69, 9.17) is 4.74 Å². The third-order valence-corrected chi connectivity index (χ3v) is 3.90. The van der Waals surface area contributed by atoms with Crippen molar-refractivity contribution in [2.24, 2.45) is 9.98 Å². The highest BCUT2D eigenvalue weighted by molar-refractivity contribution is 7.83. The molecule has 1 aromatic carbocycles. The lowest BCUT2D eigenvalue weighted by Crippen LogP contribution is -2.41. The first-order valence-electron chi connectivity index (χ1n) is 8.63. The fourth-order valence-electron chi connectivity index (χ4n) is 2.31. The number of nitrogens with zero attached hydrogens (tertiary/aromatic N) is 2. The minimum absolute atomic E-state index is 0.175. The van der Waals surface area contributed by atoms with Gasteiger partial charge in [-0.3, -0.25) is 10.1 Å². The van der Waals surface area contributed by atoms with Crippen LogP contribution in [0.15, 0.2) is 64.1 Å². The van der Waals surface area contributed by atoms with Crippen molar-refractivity contribution in [3.8, 4) is 5.75 Å². The molecule has 0 aromatic heterocycles. The van der Waals surface area contributed by atoms with E-state index in [1.807, 2.05) is 37.3 Å². The molecule has 1 aromatic rings. The van der Waals surface area contributed by atoms with E-state index in [2.05, 4.69) is 39.8 Å². The van der Waals surface area contributed by atoms with Gasteiger partial charge in [-0.25, -0.2) is 9.98 Å². The largest absolute Gasteiger partial charge is 0.493 e. The number of allylic oxidation sites excluding steroid dienone is 1. The van der Waals surface area contributed by atoms with Gasteiger partial charge >= 0.3 is 0 Å². The number of ether oxygens (including phenoxy) is 1. The molecular formula is C20H24N4O2S. The smallest absolute Gasteiger partial charge is 0.277 e. The number of hydrogen-bond donors (Lipinski definition) is 3. The summed E-state index contributed by atoms with van der Waals surface area (Å²) in [5.74, 6) is 0.863. The first-order chi connectivity index (χ1) is 13.2. The second-order valence-corrected chi connectivity index (χ2v) is 5.88. The summed E-state index contributed by atoms with van der Waals surface area (Å²) < 4.78 is 5.49. The molecule has 0 bridgehead atoms. The molecule has 1 heterocycles. The van der Waals surface area contributed by atoms with Crippen LogP contribution in [0.3, 0.4) is 0 Å². The third kappa shape index (κ3) is 6.45. The molecule has 0 spiro atoms. The first-order valence-corrected chi connectivity index (χ1v) is 9.15. The van der Waals surface area contributed by atoms with Crippen LogP contribution in [0.2, 0.25) is 0 Å². The molecule has 0 aliphatic carbocycles. The van der Waals surface area contributed by atoms with E-state index >= 15 is 0 Å². The van der Waals surface area contributed by atoms with E-state index in [9.17, 15) is 4.79 Å². The SMILES string of the molecule is C=CCNC(=NC/C=C\C)NC(=O)/C(=C/S)N=Cc1ccc2c(c1)CCO2. The molecule has 1 aliphatic heterocycles. The lowest BCUT2D eigenvalue weighted by atomic mass is 10.1. The van der Waals surface area contributed by atoms with Crippen LogP contribution in [-0.4, -0.2) is 37.8 Å². The van der Waals surface area contributed by atoms with Gasteiger partial charge in [0.05, 0.1) is 13.2 Å². The average molecular weight is 385 g/mol. The van der Waals surface area contributed by atoms with E-state index in [1.54, 1.807) is 12.3 Å². The Bertz CT molecular complexity index is 797. The minimum atomic E-state index is -0.401. The van der Waals surface area contributed by atoms with Gasteiger partial charge in [-0.05, 0) is 41.7 Å². The number of carbonyl (C=O) groups excluding carboxylic acids is 1. The topological polar surface area (TPSA) is 75.1 Å².